The molecule has 0 saturated carbocycles. The summed E-state index contributed by atoms with van der Waals surface area (Å²) in [7, 11) is 1.79. The largest absolute Gasteiger partial charge is 1.00 e. The van der Waals surface area contributed by atoms with Gasteiger partial charge in [0.2, 0.25) is 5.91 Å². The van der Waals surface area contributed by atoms with Crippen LogP contribution in [0, 0.1) is 31.6 Å². The first-order chi connectivity index (χ1) is 20.6. The molecule has 3 aliphatic heterocycles. The maximum Gasteiger partial charge on any atom is 1.00 e. The van der Waals surface area contributed by atoms with E-state index in [-0.39, 0.29) is 119 Å². The van der Waals surface area contributed by atoms with E-state index in [9.17, 15) is 9.59 Å². The van der Waals surface area contributed by atoms with Gasteiger partial charge in [0, 0.05) is 26.0 Å². The quantitative estimate of drug-likeness (QED) is 0.0556. The van der Waals surface area contributed by atoms with Crippen molar-refractivity contribution in [1.29, 1.82) is 0 Å². The first kappa shape index (κ1) is 45.4. The fourth-order valence-electron chi connectivity index (χ4n) is 6.56. The van der Waals surface area contributed by atoms with Crippen LogP contribution in [-0.2, 0) is 28.5 Å². The Labute approximate surface area is 308 Å². The maximum absolute atomic E-state index is 12.3. The molecule has 3 aliphatic rings. The molecule has 0 radical (unpaired) electrons. The van der Waals surface area contributed by atoms with Gasteiger partial charge in [0.05, 0.1) is 43.2 Å². The minimum atomic E-state index is -0.309. The van der Waals surface area contributed by atoms with Crippen molar-refractivity contribution in [3.05, 3.63) is 37.6 Å². The molecule has 9 nitrogen and oxygen atoms in total. The van der Waals surface area contributed by atoms with Crippen LogP contribution in [0.25, 0.3) is 0 Å². The van der Waals surface area contributed by atoms with E-state index in [2.05, 4.69) is 71.5 Å². The van der Waals surface area contributed by atoms with E-state index >= 15 is 0 Å². The van der Waals surface area contributed by atoms with Gasteiger partial charge in [0.1, 0.15) is 6.61 Å². The van der Waals surface area contributed by atoms with Gasteiger partial charge in [-0.3, -0.25) is 4.79 Å². The number of likely N-dealkylation sites (tertiary alicyclic amines) is 1. The summed E-state index contributed by atoms with van der Waals surface area (Å²) < 4.78 is 28.9. The molecule has 0 aromatic carbocycles. The van der Waals surface area contributed by atoms with Crippen LogP contribution in [0.1, 0.15) is 80.1 Å². The molecule has 8 atom stereocenters. The standard InChI is InChI=1S/C34H57N2O7.CH3.HI.Li/c1-8-29(39-7)27(5)32-34(6,43-32)22-24(2)12-11-13-25(3)31-26(4)14-15-28(42-31)23-35-30(37)16-19-40-20-21-41-33(38)36-17-9-10-18-36;;;/h9,11-13,24,26-29,31-32H,8,10,14-23H2,1-7H3,(H,35,37);1H3;1H;/q2*-1;;+1/p-1/b12-11+,25-13+;;;/t24-,26+,27-,28-,29+,31-,32-,34-;;;/m1.../s1. The number of halogens is 1. The van der Waals surface area contributed by atoms with E-state index < -0.39 is 0 Å². The topological polar surface area (TPSA) is 98.9 Å². The average Bonchev–Trinajstić information content (AvgIpc) is 3.35. The van der Waals surface area contributed by atoms with Gasteiger partial charge in [-0.1, -0.05) is 52.5 Å². The van der Waals surface area contributed by atoms with Crippen LogP contribution in [0.4, 0.5) is 4.79 Å². The SMILES string of the molecule is CC[C@H](OC)[C@@H](C)[C@H]1O[C@]1(C)C[C@H](C)/C=C/C=C(\C)[C@H]1O[C@@H](CNC(=O)CCOCCOC(=O)N2C[CH-]CC2)CC[C@@H]1C.[CH3-].[I-].[Li+]. The molecule has 3 saturated heterocycles. The predicted octanol–water partition coefficient (Wildman–Crippen LogP) is -0.0548. The fraction of sp³-hybridized carbons (Fsp3) is 0.771. The molecule has 0 spiro atoms. The molecule has 0 aromatic heterocycles. The van der Waals surface area contributed by atoms with Crippen molar-refractivity contribution in [2.45, 2.75) is 110 Å². The molecule has 46 heavy (non-hydrogen) atoms. The van der Waals surface area contributed by atoms with E-state index in [0.717, 1.165) is 32.1 Å². The molecule has 11 heteroatoms. The number of methoxy groups -OCH3 is 1. The molecule has 262 valence electrons. The maximum atomic E-state index is 12.3. The van der Waals surface area contributed by atoms with Crippen LogP contribution in [0.2, 0.25) is 0 Å². The van der Waals surface area contributed by atoms with Crippen LogP contribution in [0.3, 0.4) is 0 Å². The summed E-state index contributed by atoms with van der Waals surface area (Å²) in [5.74, 6) is 1.14. The van der Waals surface area contributed by atoms with Crippen LogP contribution in [-0.4, -0.2) is 93.5 Å². The minimum absolute atomic E-state index is 0. The molecule has 1 N–H and O–H groups in total. The average molecular weight is 755 g/mol. The number of rotatable bonds is 17. The number of amides is 2. The van der Waals surface area contributed by atoms with Gasteiger partial charge in [-0.05, 0) is 63.5 Å². The number of allylic oxidation sites excluding steroid dienone is 3. The second-order valence-electron chi connectivity index (χ2n) is 12.9. The Balaban J connectivity index is 0.00000675. The summed E-state index contributed by atoms with van der Waals surface area (Å²) in [5.41, 5.74) is 1.12. The summed E-state index contributed by atoms with van der Waals surface area (Å²) >= 11 is 0. The molecule has 3 heterocycles. The third-order valence-electron chi connectivity index (χ3n) is 9.15. The molecule has 0 unspecified atom stereocenters. The van der Waals surface area contributed by atoms with Gasteiger partial charge in [-0.15, -0.1) is 0 Å². The van der Waals surface area contributed by atoms with Gasteiger partial charge in [0.15, 0.2) is 0 Å². The molecule has 3 fully saturated rings. The number of hydrogen-bond donors (Lipinski definition) is 1. The Kier molecular flexibility index (Phi) is 22.6. The van der Waals surface area contributed by atoms with Gasteiger partial charge < -0.3 is 71.7 Å². The van der Waals surface area contributed by atoms with E-state index in [1.165, 1.54) is 5.57 Å². The van der Waals surface area contributed by atoms with Crippen molar-refractivity contribution in [2.75, 3.05) is 46.6 Å². The number of nitrogens with zero attached hydrogens (tertiary/aromatic N) is 1. The predicted molar refractivity (Wildman–Crippen MR) is 174 cm³/mol. The number of epoxide rings is 1. The number of nitrogens with one attached hydrogen (secondary N) is 1. The zero-order valence-electron chi connectivity index (χ0n) is 30.0. The Morgan fingerprint density at radius 1 is 1.20 bits per heavy atom. The van der Waals surface area contributed by atoms with Crippen molar-refractivity contribution in [2.24, 2.45) is 17.8 Å². The van der Waals surface area contributed by atoms with E-state index in [0.29, 0.717) is 37.4 Å². The summed E-state index contributed by atoms with van der Waals surface area (Å²) in [6.45, 7) is 15.8. The Bertz CT molecular complexity index is 944. The Morgan fingerprint density at radius 2 is 1.93 bits per heavy atom. The number of carbonyl (C=O) groups excluding carboxylic acids is 2. The van der Waals surface area contributed by atoms with E-state index in [1.807, 2.05) is 0 Å². The van der Waals surface area contributed by atoms with Crippen molar-refractivity contribution < 1.29 is 76.1 Å². The Morgan fingerprint density at radius 3 is 2.59 bits per heavy atom. The molecule has 0 aliphatic carbocycles. The van der Waals surface area contributed by atoms with Crippen molar-refractivity contribution in [1.82, 2.24) is 10.2 Å². The monoisotopic (exact) mass is 754 g/mol. The zero-order valence-corrected chi connectivity index (χ0v) is 32.2. The van der Waals surface area contributed by atoms with E-state index in [4.69, 9.17) is 23.7 Å². The van der Waals surface area contributed by atoms with Gasteiger partial charge in [0.25, 0.3) is 0 Å². The van der Waals surface area contributed by atoms with Crippen LogP contribution < -0.4 is 48.2 Å². The third-order valence-corrected chi connectivity index (χ3v) is 9.15. The number of hydrogen-bond acceptors (Lipinski definition) is 7. The molecular formula is C35H60ILiN2O7-2. The first-order valence-corrected chi connectivity index (χ1v) is 16.4. The zero-order chi connectivity index (χ0) is 31.4. The van der Waals surface area contributed by atoms with Gasteiger partial charge in [-0.25, -0.2) is 4.79 Å². The van der Waals surface area contributed by atoms with Crippen molar-refractivity contribution >= 4 is 12.0 Å². The summed E-state index contributed by atoms with van der Waals surface area (Å²) in [6, 6.07) is 0. The smallest absolute Gasteiger partial charge is 1.00 e. The van der Waals surface area contributed by atoms with Crippen LogP contribution in [0.5, 0.6) is 0 Å². The summed E-state index contributed by atoms with van der Waals surface area (Å²) in [6.07, 6.45) is 14.0. The van der Waals surface area contributed by atoms with Crippen LogP contribution in [0.15, 0.2) is 23.8 Å². The van der Waals surface area contributed by atoms with Crippen molar-refractivity contribution in [3.63, 3.8) is 0 Å². The fourth-order valence-corrected chi connectivity index (χ4v) is 6.56. The normalized spacial score (nSPS) is 27.9. The Hall–Kier alpha value is -0.613. The van der Waals surface area contributed by atoms with Crippen LogP contribution >= 0.6 is 0 Å². The van der Waals surface area contributed by atoms with Gasteiger partial charge >= 0.3 is 25.0 Å². The van der Waals surface area contributed by atoms with Gasteiger partial charge in [-0.2, -0.15) is 6.42 Å². The molecule has 0 bridgehead atoms. The molecule has 2 amide bonds. The minimum Gasteiger partial charge on any atom is -1.00 e. The summed E-state index contributed by atoms with van der Waals surface area (Å²) in [4.78, 5) is 25.8. The molecule has 3 rings (SSSR count). The van der Waals surface area contributed by atoms with E-state index in [1.54, 1.807) is 12.0 Å². The second kappa shape index (κ2) is 22.9. The second-order valence-corrected chi connectivity index (χ2v) is 12.9. The number of ether oxygens (including phenoxy) is 5. The third kappa shape index (κ3) is 14.5. The molecular weight excluding hydrogens is 694 g/mol. The summed E-state index contributed by atoms with van der Waals surface area (Å²) in [5, 5.41) is 2.99. The number of carbonyl (C=O) groups is 2. The van der Waals surface area contributed by atoms with Crippen molar-refractivity contribution in [3.8, 4) is 0 Å². The first-order valence-electron chi connectivity index (χ1n) is 16.4. The molecule has 0 aromatic rings.